The van der Waals surface area contributed by atoms with Crippen LogP contribution in [-0.2, 0) is 6.54 Å². The zero-order chi connectivity index (χ0) is 9.80. The van der Waals surface area contributed by atoms with Gasteiger partial charge in [-0.3, -0.25) is 0 Å². The minimum absolute atomic E-state index is 0.548. The van der Waals surface area contributed by atoms with Crippen LogP contribution in [-0.4, -0.2) is 27.3 Å². The molecule has 0 fully saturated rings. The maximum atomic E-state index is 4.91. The van der Waals surface area contributed by atoms with Gasteiger partial charge >= 0.3 is 0 Å². The van der Waals surface area contributed by atoms with Gasteiger partial charge in [0.1, 0.15) is 5.82 Å². The summed E-state index contributed by atoms with van der Waals surface area (Å²) >= 11 is 1.36. The molecule has 2 N–H and O–H groups in total. The van der Waals surface area contributed by atoms with Gasteiger partial charge in [-0.25, -0.2) is 4.98 Å². The van der Waals surface area contributed by atoms with Gasteiger partial charge in [0, 0.05) is 12.4 Å². The first-order valence-electron chi connectivity index (χ1n) is 3.98. The van der Waals surface area contributed by atoms with E-state index >= 15 is 0 Å². The van der Waals surface area contributed by atoms with Crippen LogP contribution in [0.4, 0.5) is 5.13 Å². The molecule has 2 rings (SSSR count). The van der Waals surface area contributed by atoms with E-state index in [1.807, 2.05) is 0 Å². The molecule has 2 heterocycles. The van der Waals surface area contributed by atoms with Crippen LogP contribution < -0.4 is 10.1 Å². The molecule has 14 heavy (non-hydrogen) atoms. The number of rotatable bonds is 4. The Morgan fingerprint density at radius 1 is 1.57 bits per heavy atom. The zero-order valence-electron chi connectivity index (χ0n) is 7.52. The second-order valence-corrected chi connectivity index (χ2v) is 3.41. The smallest absolute Gasteiger partial charge is 0.295 e. The van der Waals surface area contributed by atoms with Crippen LogP contribution in [0.3, 0.4) is 0 Å². The average molecular weight is 211 g/mol. The fourth-order valence-electron chi connectivity index (χ4n) is 0.918. The summed E-state index contributed by atoms with van der Waals surface area (Å²) in [6.45, 7) is 0.603. The Bertz CT molecular complexity index is 384. The third-order valence-corrected chi connectivity index (χ3v) is 2.39. The van der Waals surface area contributed by atoms with Gasteiger partial charge in [0.2, 0.25) is 5.13 Å². The number of H-pyrrole nitrogens is 1. The molecule has 74 valence electrons. The first kappa shape index (κ1) is 8.95. The van der Waals surface area contributed by atoms with E-state index < -0.39 is 0 Å². The van der Waals surface area contributed by atoms with Crippen LogP contribution in [0.1, 0.15) is 5.82 Å². The van der Waals surface area contributed by atoms with E-state index in [0.717, 1.165) is 11.0 Å². The molecule has 0 spiro atoms. The van der Waals surface area contributed by atoms with Crippen LogP contribution in [0.5, 0.6) is 5.19 Å². The number of methoxy groups -OCH3 is 1. The van der Waals surface area contributed by atoms with E-state index in [0.29, 0.717) is 11.7 Å². The number of nitrogens with one attached hydrogen (secondary N) is 2. The Morgan fingerprint density at radius 2 is 2.50 bits per heavy atom. The third kappa shape index (κ3) is 1.99. The second-order valence-electron chi connectivity index (χ2n) is 2.47. The molecule has 0 saturated carbocycles. The summed E-state index contributed by atoms with van der Waals surface area (Å²) < 4.78 is 4.91. The highest BCUT2D eigenvalue weighted by atomic mass is 32.1. The molecule has 0 aliphatic carbocycles. The summed E-state index contributed by atoms with van der Waals surface area (Å²) in [5.74, 6) is 0.860. The predicted octanol–water partition coefficient (Wildman–Crippen LogP) is 0.882. The standard InChI is InChI=1S/C7H9N5OS/c1-13-7-12-11-6(14-7)10-4-5-8-2-3-9-5/h2-3H,4H2,1H3,(H,8,9)(H,10,11). The largest absolute Gasteiger partial charge is 0.472 e. The lowest BCUT2D eigenvalue weighted by Crippen LogP contribution is -2.00. The predicted molar refractivity (Wildman–Crippen MR) is 52.4 cm³/mol. The monoisotopic (exact) mass is 211 g/mol. The molecular weight excluding hydrogens is 202 g/mol. The van der Waals surface area contributed by atoms with Crippen molar-refractivity contribution in [3.8, 4) is 5.19 Å². The summed E-state index contributed by atoms with van der Waals surface area (Å²) in [5, 5.41) is 12.0. The number of imidazole rings is 1. The fraction of sp³-hybridized carbons (Fsp3) is 0.286. The number of hydrogen-bond donors (Lipinski definition) is 2. The molecule has 2 aromatic rings. The van der Waals surface area contributed by atoms with Gasteiger partial charge in [-0.1, -0.05) is 5.10 Å². The maximum Gasteiger partial charge on any atom is 0.295 e. The zero-order valence-corrected chi connectivity index (χ0v) is 8.34. The van der Waals surface area contributed by atoms with E-state index in [1.165, 1.54) is 11.3 Å². The number of ether oxygens (including phenoxy) is 1. The molecule has 0 atom stereocenters. The van der Waals surface area contributed by atoms with Gasteiger partial charge in [-0.2, -0.15) is 0 Å². The summed E-state index contributed by atoms with van der Waals surface area (Å²) in [7, 11) is 1.57. The molecule has 2 aromatic heterocycles. The van der Waals surface area contributed by atoms with E-state index in [4.69, 9.17) is 4.74 Å². The molecule has 0 aliphatic rings. The molecule has 0 radical (unpaired) electrons. The SMILES string of the molecule is COc1nnc(NCc2ncc[nH]2)s1. The number of hydrogen-bond acceptors (Lipinski definition) is 6. The van der Waals surface area contributed by atoms with E-state index in [9.17, 15) is 0 Å². The van der Waals surface area contributed by atoms with Crippen molar-refractivity contribution >= 4 is 16.5 Å². The fourth-order valence-corrected chi connectivity index (χ4v) is 1.47. The van der Waals surface area contributed by atoms with Crippen molar-refractivity contribution in [3.63, 3.8) is 0 Å². The Labute approximate surface area is 84.4 Å². The average Bonchev–Trinajstić information content (AvgIpc) is 2.86. The van der Waals surface area contributed by atoms with Crippen molar-refractivity contribution in [3.05, 3.63) is 18.2 Å². The number of anilines is 1. The molecule has 6 nitrogen and oxygen atoms in total. The molecule has 0 aromatic carbocycles. The Kier molecular flexibility index (Phi) is 2.59. The van der Waals surface area contributed by atoms with Gasteiger partial charge in [0.25, 0.3) is 5.19 Å². The minimum atomic E-state index is 0.548. The molecular formula is C7H9N5OS. The molecule has 0 unspecified atom stereocenters. The Morgan fingerprint density at radius 3 is 3.14 bits per heavy atom. The molecule has 0 amide bonds. The van der Waals surface area contributed by atoms with Crippen LogP contribution in [0.25, 0.3) is 0 Å². The lowest BCUT2D eigenvalue weighted by Gasteiger charge is -1.96. The summed E-state index contributed by atoms with van der Waals surface area (Å²) in [4.78, 5) is 7.05. The van der Waals surface area contributed by atoms with Crippen molar-refractivity contribution in [2.75, 3.05) is 12.4 Å². The first-order chi connectivity index (χ1) is 6.88. The van der Waals surface area contributed by atoms with Gasteiger partial charge in [0.15, 0.2) is 0 Å². The van der Waals surface area contributed by atoms with Crippen LogP contribution in [0.15, 0.2) is 12.4 Å². The van der Waals surface area contributed by atoms with Crippen LogP contribution in [0, 0.1) is 0 Å². The van der Waals surface area contributed by atoms with E-state index in [2.05, 4.69) is 25.5 Å². The normalized spacial score (nSPS) is 10.1. The van der Waals surface area contributed by atoms with Gasteiger partial charge in [-0.05, 0) is 11.3 Å². The van der Waals surface area contributed by atoms with Crippen molar-refractivity contribution < 1.29 is 4.74 Å². The highest BCUT2D eigenvalue weighted by Crippen LogP contribution is 2.21. The quantitative estimate of drug-likeness (QED) is 0.785. The Hall–Kier alpha value is -1.63. The lowest BCUT2D eigenvalue weighted by molar-refractivity contribution is 0.407. The molecule has 7 heteroatoms. The van der Waals surface area contributed by atoms with Gasteiger partial charge in [0.05, 0.1) is 13.7 Å². The minimum Gasteiger partial charge on any atom is -0.472 e. The van der Waals surface area contributed by atoms with Gasteiger partial charge < -0.3 is 15.0 Å². The molecule has 0 bridgehead atoms. The summed E-state index contributed by atoms with van der Waals surface area (Å²) in [6, 6.07) is 0. The van der Waals surface area contributed by atoms with E-state index in [1.54, 1.807) is 19.5 Å². The topological polar surface area (TPSA) is 75.7 Å². The van der Waals surface area contributed by atoms with Gasteiger partial charge in [-0.15, -0.1) is 5.10 Å². The highest BCUT2D eigenvalue weighted by molar-refractivity contribution is 7.16. The third-order valence-electron chi connectivity index (χ3n) is 1.54. The summed E-state index contributed by atoms with van der Waals surface area (Å²) in [6.07, 6.45) is 3.48. The van der Waals surface area contributed by atoms with Crippen LogP contribution in [0.2, 0.25) is 0 Å². The number of aromatic amines is 1. The number of aromatic nitrogens is 4. The molecule has 0 saturated heterocycles. The first-order valence-corrected chi connectivity index (χ1v) is 4.80. The van der Waals surface area contributed by atoms with Crippen LogP contribution >= 0.6 is 11.3 Å². The lowest BCUT2D eigenvalue weighted by atomic mass is 10.6. The van der Waals surface area contributed by atoms with E-state index in [-0.39, 0.29) is 0 Å². The van der Waals surface area contributed by atoms with Crippen molar-refractivity contribution in [1.82, 2.24) is 20.2 Å². The van der Waals surface area contributed by atoms with Crippen molar-refractivity contribution in [2.24, 2.45) is 0 Å². The van der Waals surface area contributed by atoms with Crippen molar-refractivity contribution in [1.29, 1.82) is 0 Å². The molecule has 0 aliphatic heterocycles. The van der Waals surface area contributed by atoms with Crippen molar-refractivity contribution in [2.45, 2.75) is 6.54 Å². The summed E-state index contributed by atoms with van der Waals surface area (Å²) in [5.41, 5.74) is 0. The Balaban J connectivity index is 1.92. The highest BCUT2D eigenvalue weighted by Gasteiger charge is 2.03. The second kappa shape index (κ2) is 4.05. The maximum absolute atomic E-state index is 4.91. The number of nitrogens with zero attached hydrogens (tertiary/aromatic N) is 3.